The summed E-state index contributed by atoms with van der Waals surface area (Å²) in [6.45, 7) is 6.00. The third kappa shape index (κ3) is 2.60. The van der Waals surface area contributed by atoms with Crippen molar-refractivity contribution < 1.29 is 0 Å². The van der Waals surface area contributed by atoms with Crippen LogP contribution in [0.25, 0.3) is 0 Å². The van der Waals surface area contributed by atoms with E-state index in [0.717, 1.165) is 35.4 Å². The number of hydrogen-bond acceptors (Lipinski definition) is 2. The summed E-state index contributed by atoms with van der Waals surface area (Å²) in [5.41, 5.74) is 0.961. The molecule has 1 aromatic heterocycles. The number of hydrogen-bond donors (Lipinski definition) is 0. The number of imidazole rings is 1. The second kappa shape index (κ2) is 5.32. The smallest absolute Gasteiger partial charge is 0.120 e. The summed E-state index contributed by atoms with van der Waals surface area (Å²) in [5, 5.41) is 8.95. The molecule has 0 aliphatic carbocycles. The summed E-state index contributed by atoms with van der Waals surface area (Å²) in [5.74, 6) is 1.01. The Hall–Kier alpha value is -0.820. The number of nitrogens with zero attached hydrogens (tertiary/aromatic N) is 3. The van der Waals surface area contributed by atoms with E-state index in [1.54, 1.807) is 0 Å². The van der Waals surface area contributed by atoms with E-state index < -0.39 is 0 Å². The Labute approximate surface area is 99.2 Å². The van der Waals surface area contributed by atoms with Gasteiger partial charge in [0, 0.05) is 6.42 Å². The second-order valence-corrected chi connectivity index (χ2v) is 4.43. The zero-order chi connectivity index (χ0) is 11.4. The van der Waals surface area contributed by atoms with Crippen LogP contribution >= 0.6 is 15.9 Å². The summed E-state index contributed by atoms with van der Waals surface area (Å²) in [6, 6.07) is 2.09. The quantitative estimate of drug-likeness (QED) is 0.841. The van der Waals surface area contributed by atoms with Crippen molar-refractivity contribution in [2.45, 2.75) is 46.1 Å². The number of halogens is 1. The molecule has 82 valence electrons. The Kier molecular flexibility index (Phi) is 4.34. The highest BCUT2D eigenvalue weighted by Crippen LogP contribution is 2.23. The van der Waals surface area contributed by atoms with Crippen LogP contribution < -0.4 is 0 Å². The minimum atomic E-state index is -0.160. The van der Waals surface area contributed by atoms with Crippen LogP contribution in [0.3, 0.4) is 0 Å². The number of nitriles is 1. The highest BCUT2D eigenvalue weighted by atomic mass is 79.9. The standard InChI is InChI=1S/C11H16BrN3/c1-4-5-6-10-14-9(3)11(12)15(10)8(2)7-13/h8H,4-6H2,1-3H3. The lowest BCUT2D eigenvalue weighted by Gasteiger charge is -2.10. The molecule has 0 spiro atoms. The normalized spacial score (nSPS) is 12.5. The number of aromatic nitrogens is 2. The first-order valence-electron chi connectivity index (χ1n) is 5.24. The molecule has 0 fully saturated rings. The Morgan fingerprint density at radius 3 is 2.80 bits per heavy atom. The van der Waals surface area contributed by atoms with Crippen molar-refractivity contribution in [2.24, 2.45) is 0 Å². The Morgan fingerprint density at radius 1 is 1.60 bits per heavy atom. The molecule has 3 nitrogen and oxygen atoms in total. The molecule has 4 heteroatoms. The van der Waals surface area contributed by atoms with Crippen LogP contribution in [-0.4, -0.2) is 9.55 Å². The highest BCUT2D eigenvalue weighted by molar-refractivity contribution is 9.10. The van der Waals surface area contributed by atoms with E-state index in [9.17, 15) is 0 Å². The maximum atomic E-state index is 8.95. The molecule has 0 aromatic carbocycles. The average Bonchev–Trinajstić information content (AvgIpc) is 2.51. The van der Waals surface area contributed by atoms with Gasteiger partial charge in [0.1, 0.15) is 16.5 Å². The Morgan fingerprint density at radius 2 is 2.27 bits per heavy atom. The summed E-state index contributed by atoms with van der Waals surface area (Å²) in [6.07, 6.45) is 3.19. The van der Waals surface area contributed by atoms with Crippen molar-refractivity contribution >= 4 is 15.9 Å². The molecular formula is C11H16BrN3. The lowest BCUT2D eigenvalue weighted by Crippen LogP contribution is -2.08. The van der Waals surface area contributed by atoms with Crippen LogP contribution in [0.2, 0.25) is 0 Å². The summed E-state index contributed by atoms with van der Waals surface area (Å²) in [4.78, 5) is 4.48. The minimum Gasteiger partial charge on any atom is -0.306 e. The molecule has 0 bridgehead atoms. The maximum absolute atomic E-state index is 8.95. The van der Waals surface area contributed by atoms with Crippen molar-refractivity contribution in [3.8, 4) is 6.07 Å². The molecule has 1 rings (SSSR count). The van der Waals surface area contributed by atoms with Gasteiger partial charge in [-0.2, -0.15) is 5.26 Å². The molecule has 0 aliphatic heterocycles. The van der Waals surface area contributed by atoms with Gasteiger partial charge in [0.2, 0.25) is 0 Å². The van der Waals surface area contributed by atoms with E-state index in [0.29, 0.717) is 0 Å². The predicted molar refractivity (Wildman–Crippen MR) is 63.6 cm³/mol. The number of unbranched alkanes of at least 4 members (excludes halogenated alkanes) is 1. The molecule has 0 amide bonds. The molecule has 0 radical (unpaired) electrons. The van der Waals surface area contributed by atoms with E-state index >= 15 is 0 Å². The summed E-state index contributed by atoms with van der Waals surface area (Å²) in [7, 11) is 0. The molecular weight excluding hydrogens is 254 g/mol. The number of rotatable bonds is 4. The zero-order valence-corrected chi connectivity index (χ0v) is 11.0. The van der Waals surface area contributed by atoms with Crippen LogP contribution in [0.4, 0.5) is 0 Å². The Balaban J connectivity index is 3.05. The van der Waals surface area contributed by atoms with Gasteiger partial charge in [-0.3, -0.25) is 0 Å². The van der Waals surface area contributed by atoms with Crippen LogP contribution in [0.5, 0.6) is 0 Å². The van der Waals surface area contributed by atoms with E-state index in [-0.39, 0.29) is 6.04 Å². The van der Waals surface area contributed by atoms with Gasteiger partial charge in [-0.1, -0.05) is 13.3 Å². The van der Waals surface area contributed by atoms with Gasteiger partial charge in [0.05, 0.1) is 11.8 Å². The van der Waals surface area contributed by atoms with Crippen molar-refractivity contribution in [1.29, 1.82) is 5.26 Å². The van der Waals surface area contributed by atoms with Gasteiger partial charge in [0.15, 0.2) is 0 Å². The zero-order valence-electron chi connectivity index (χ0n) is 9.42. The second-order valence-electron chi connectivity index (χ2n) is 3.68. The van der Waals surface area contributed by atoms with Gasteiger partial charge in [-0.05, 0) is 36.2 Å². The first-order chi connectivity index (χ1) is 7.11. The Bertz CT molecular complexity index is 376. The van der Waals surface area contributed by atoms with Gasteiger partial charge in [-0.15, -0.1) is 0 Å². The van der Waals surface area contributed by atoms with Crippen LogP contribution in [0, 0.1) is 18.3 Å². The van der Waals surface area contributed by atoms with Gasteiger partial charge in [-0.25, -0.2) is 4.98 Å². The largest absolute Gasteiger partial charge is 0.306 e. The highest BCUT2D eigenvalue weighted by Gasteiger charge is 2.16. The van der Waals surface area contributed by atoms with Gasteiger partial charge >= 0.3 is 0 Å². The van der Waals surface area contributed by atoms with Gasteiger partial charge < -0.3 is 4.57 Å². The van der Waals surface area contributed by atoms with E-state index in [2.05, 4.69) is 33.9 Å². The molecule has 0 saturated heterocycles. The monoisotopic (exact) mass is 269 g/mol. The molecule has 1 aromatic rings. The summed E-state index contributed by atoms with van der Waals surface area (Å²) < 4.78 is 2.91. The third-order valence-corrected chi connectivity index (χ3v) is 3.37. The van der Waals surface area contributed by atoms with Crippen LogP contribution in [0.1, 0.15) is 44.2 Å². The van der Waals surface area contributed by atoms with E-state index in [1.165, 1.54) is 0 Å². The van der Waals surface area contributed by atoms with Crippen molar-refractivity contribution in [2.75, 3.05) is 0 Å². The van der Waals surface area contributed by atoms with Crippen molar-refractivity contribution in [3.05, 3.63) is 16.1 Å². The van der Waals surface area contributed by atoms with E-state index in [1.807, 2.05) is 18.4 Å². The lowest BCUT2D eigenvalue weighted by atomic mass is 10.2. The number of aryl methyl sites for hydroxylation is 2. The molecule has 15 heavy (non-hydrogen) atoms. The lowest BCUT2D eigenvalue weighted by molar-refractivity contribution is 0.602. The molecule has 1 atom stereocenters. The fraction of sp³-hybridized carbons (Fsp3) is 0.636. The van der Waals surface area contributed by atoms with Gasteiger partial charge in [0.25, 0.3) is 0 Å². The van der Waals surface area contributed by atoms with Crippen LogP contribution in [-0.2, 0) is 6.42 Å². The SMILES string of the molecule is CCCCc1nc(C)c(Br)n1C(C)C#N. The third-order valence-electron chi connectivity index (χ3n) is 2.41. The van der Waals surface area contributed by atoms with E-state index in [4.69, 9.17) is 5.26 Å². The first kappa shape index (κ1) is 12.3. The van der Waals surface area contributed by atoms with Crippen LogP contribution in [0.15, 0.2) is 4.60 Å². The minimum absolute atomic E-state index is 0.160. The average molecular weight is 270 g/mol. The van der Waals surface area contributed by atoms with Crippen molar-refractivity contribution in [3.63, 3.8) is 0 Å². The molecule has 0 aliphatic rings. The maximum Gasteiger partial charge on any atom is 0.120 e. The topological polar surface area (TPSA) is 41.6 Å². The molecule has 1 heterocycles. The molecule has 0 N–H and O–H groups in total. The first-order valence-corrected chi connectivity index (χ1v) is 6.03. The molecule has 1 unspecified atom stereocenters. The predicted octanol–water partition coefficient (Wildman–Crippen LogP) is 3.38. The summed E-state index contributed by atoms with van der Waals surface area (Å²) >= 11 is 3.48. The fourth-order valence-electron chi connectivity index (χ4n) is 1.54. The van der Waals surface area contributed by atoms with Crippen molar-refractivity contribution in [1.82, 2.24) is 9.55 Å². The fourth-order valence-corrected chi connectivity index (χ4v) is 2.14. The molecule has 0 saturated carbocycles.